The average Bonchev–Trinajstić information content (AvgIpc) is 2.48. The smallest absolute Gasteiger partial charge is 0.342 e. The molecule has 1 atom stereocenters. The molecule has 2 rings (SSSR count). The van der Waals surface area contributed by atoms with Gasteiger partial charge in [0.15, 0.2) is 0 Å². The highest BCUT2D eigenvalue weighted by molar-refractivity contribution is 5.92. The molecule has 110 valence electrons. The Hall–Kier alpha value is -1.59. The molecular formula is C15H21NO4. The summed E-state index contributed by atoms with van der Waals surface area (Å²) >= 11 is 0. The molecule has 0 aromatic heterocycles. The van der Waals surface area contributed by atoms with E-state index in [1.165, 1.54) is 0 Å². The van der Waals surface area contributed by atoms with Gasteiger partial charge >= 0.3 is 5.97 Å². The summed E-state index contributed by atoms with van der Waals surface area (Å²) in [6.45, 7) is 5.89. The predicted molar refractivity (Wildman–Crippen MR) is 75.1 cm³/mol. The molecule has 1 aliphatic heterocycles. The molecule has 5 nitrogen and oxygen atoms in total. The van der Waals surface area contributed by atoms with Crippen LogP contribution in [0.4, 0.5) is 0 Å². The molecule has 0 amide bonds. The minimum Gasteiger partial charge on any atom is -0.496 e. The van der Waals surface area contributed by atoms with Crippen LogP contribution < -0.4 is 4.74 Å². The quantitative estimate of drug-likeness (QED) is 0.766. The van der Waals surface area contributed by atoms with E-state index in [0.29, 0.717) is 11.3 Å². The van der Waals surface area contributed by atoms with Crippen LogP contribution >= 0.6 is 0 Å². The molecule has 0 aliphatic carbocycles. The van der Waals surface area contributed by atoms with E-state index in [4.69, 9.17) is 14.2 Å². The predicted octanol–water partition coefficient (Wildman–Crippen LogP) is 1.57. The van der Waals surface area contributed by atoms with E-state index in [0.717, 1.165) is 32.8 Å². The van der Waals surface area contributed by atoms with Crippen molar-refractivity contribution in [2.75, 3.05) is 40.0 Å². The summed E-state index contributed by atoms with van der Waals surface area (Å²) in [7, 11) is 1.54. The number of esters is 1. The molecule has 0 N–H and O–H groups in total. The maximum Gasteiger partial charge on any atom is 0.342 e. The second-order valence-corrected chi connectivity index (χ2v) is 4.83. The molecule has 0 radical (unpaired) electrons. The Morgan fingerprint density at radius 3 is 2.75 bits per heavy atom. The number of hydrogen-bond acceptors (Lipinski definition) is 5. The fourth-order valence-corrected chi connectivity index (χ4v) is 2.24. The van der Waals surface area contributed by atoms with Gasteiger partial charge in [0.2, 0.25) is 0 Å². The van der Waals surface area contributed by atoms with Gasteiger partial charge in [-0.2, -0.15) is 0 Å². The van der Waals surface area contributed by atoms with Gasteiger partial charge in [0.1, 0.15) is 17.4 Å². The van der Waals surface area contributed by atoms with E-state index in [9.17, 15) is 4.79 Å². The van der Waals surface area contributed by atoms with Crippen LogP contribution in [0.1, 0.15) is 17.3 Å². The first kappa shape index (κ1) is 14.8. The summed E-state index contributed by atoms with van der Waals surface area (Å²) in [5.41, 5.74) is 0.462. The van der Waals surface area contributed by atoms with E-state index in [1.54, 1.807) is 25.3 Å². The van der Waals surface area contributed by atoms with Crippen LogP contribution in [0.15, 0.2) is 24.3 Å². The van der Waals surface area contributed by atoms with Gasteiger partial charge in [-0.05, 0) is 19.1 Å². The lowest BCUT2D eigenvalue weighted by Gasteiger charge is -2.28. The molecule has 1 unspecified atom stereocenters. The number of para-hydroxylation sites is 1. The Balaban J connectivity index is 1.89. The molecule has 1 aliphatic rings. The molecule has 0 saturated carbocycles. The zero-order valence-electron chi connectivity index (χ0n) is 12.0. The number of benzene rings is 1. The van der Waals surface area contributed by atoms with Crippen LogP contribution in [0.3, 0.4) is 0 Å². The number of rotatable bonds is 5. The lowest BCUT2D eigenvalue weighted by Crippen LogP contribution is -2.41. The standard InChI is InChI=1S/C15H21NO4/c1-12(11-16-7-9-19-10-8-16)20-15(17)13-5-3-4-6-14(13)18-2/h3-6,12H,7-11H2,1-2H3. The summed E-state index contributed by atoms with van der Waals surface area (Å²) < 4.78 is 15.9. The third-order valence-electron chi connectivity index (χ3n) is 3.25. The Morgan fingerprint density at radius 2 is 2.05 bits per heavy atom. The second kappa shape index (κ2) is 7.26. The van der Waals surface area contributed by atoms with Crippen LogP contribution in [-0.4, -0.2) is 56.9 Å². The topological polar surface area (TPSA) is 48.0 Å². The highest BCUT2D eigenvalue weighted by Crippen LogP contribution is 2.19. The maximum atomic E-state index is 12.1. The molecule has 0 spiro atoms. The fraction of sp³-hybridized carbons (Fsp3) is 0.533. The van der Waals surface area contributed by atoms with Gasteiger partial charge in [-0.15, -0.1) is 0 Å². The minimum atomic E-state index is -0.344. The first-order valence-corrected chi connectivity index (χ1v) is 6.85. The van der Waals surface area contributed by atoms with E-state index in [-0.39, 0.29) is 12.1 Å². The van der Waals surface area contributed by atoms with Gasteiger partial charge < -0.3 is 14.2 Å². The van der Waals surface area contributed by atoms with Crippen molar-refractivity contribution in [1.82, 2.24) is 4.90 Å². The first-order chi connectivity index (χ1) is 9.70. The minimum absolute atomic E-state index is 0.162. The normalized spacial score (nSPS) is 17.5. The van der Waals surface area contributed by atoms with Crippen molar-refractivity contribution < 1.29 is 19.0 Å². The molecular weight excluding hydrogens is 258 g/mol. The van der Waals surface area contributed by atoms with Crippen LogP contribution in [0.5, 0.6) is 5.75 Å². The summed E-state index contributed by atoms with van der Waals surface area (Å²) in [6.07, 6.45) is -0.162. The number of hydrogen-bond donors (Lipinski definition) is 0. The fourth-order valence-electron chi connectivity index (χ4n) is 2.24. The molecule has 1 fully saturated rings. The number of nitrogens with zero attached hydrogens (tertiary/aromatic N) is 1. The van der Waals surface area contributed by atoms with E-state index >= 15 is 0 Å². The summed E-state index contributed by atoms with van der Waals surface area (Å²) in [5.74, 6) is 0.194. The first-order valence-electron chi connectivity index (χ1n) is 6.85. The van der Waals surface area contributed by atoms with Gasteiger partial charge in [0.25, 0.3) is 0 Å². The van der Waals surface area contributed by atoms with Crippen LogP contribution in [-0.2, 0) is 9.47 Å². The van der Waals surface area contributed by atoms with Crippen molar-refractivity contribution in [3.05, 3.63) is 29.8 Å². The van der Waals surface area contributed by atoms with Crippen molar-refractivity contribution in [3.8, 4) is 5.75 Å². The zero-order chi connectivity index (χ0) is 14.4. The second-order valence-electron chi connectivity index (χ2n) is 4.83. The molecule has 5 heteroatoms. The van der Waals surface area contributed by atoms with Crippen LogP contribution in [0.2, 0.25) is 0 Å². The molecule has 1 aromatic rings. The van der Waals surface area contributed by atoms with Crippen molar-refractivity contribution in [1.29, 1.82) is 0 Å². The molecule has 1 aromatic carbocycles. The Bertz CT molecular complexity index is 443. The van der Waals surface area contributed by atoms with Gasteiger partial charge in [-0.1, -0.05) is 12.1 Å². The van der Waals surface area contributed by atoms with Crippen molar-refractivity contribution >= 4 is 5.97 Å². The third-order valence-corrected chi connectivity index (χ3v) is 3.25. The molecule has 1 heterocycles. The monoisotopic (exact) mass is 279 g/mol. The Morgan fingerprint density at radius 1 is 1.35 bits per heavy atom. The van der Waals surface area contributed by atoms with Crippen molar-refractivity contribution in [2.24, 2.45) is 0 Å². The Kier molecular flexibility index (Phi) is 5.38. The zero-order valence-corrected chi connectivity index (χ0v) is 12.0. The highest BCUT2D eigenvalue weighted by Gasteiger charge is 2.19. The number of ether oxygens (including phenoxy) is 3. The molecule has 0 bridgehead atoms. The van der Waals surface area contributed by atoms with E-state index in [1.807, 2.05) is 13.0 Å². The van der Waals surface area contributed by atoms with E-state index < -0.39 is 0 Å². The summed E-state index contributed by atoms with van der Waals surface area (Å²) in [5, 5.41) is 0. The molecule has 1 saturated heterocycles. The van der Waals surface area contributed by atoms with Gasteiger partial charge in [0, 0.05) is 19.6 Å². The molecule has 20 heavy (non-hydrogen) atoms. The van der Waals surface area contributed by atoms with Gasteiger partial charge in [0.05, 0.1) is 20.3 Å². The SMILES string of the molecule is COc1ccccc1C(=O)OC(C)CN1CCOCC1. The Labute approximate surface area is 119 Å². The number of morpholine rings is 1. The largest absolute Gasteiger partial charge is 0.496 e. The van der Waals surface area contributed by atoms with Crippen LogP contribution in [0.25, 0.3) is 0 Å². The van der Waals surface area contributed by atoms with Gasteiger partial charge in [-0.3, -0.25) is 4.90 Å². The summed E-state index contributed by atoms with van der Waals surface area (Å²) in [6, 6.07) is 7.09. The van der Waals surface area contributed by atoms with Crippen molar-refractivity contribution in [3.63, 3.8) is 0 Å². The van der Waals surface area contributed by atoms with E-state index in [2.05, 4.69) is 4.90 Å². The lowest BCUT2D eigenvalue weighted by molar-refractivity contribution is 0.000304. The third kappa shape index (κ3) is 3.95. The lowest BCUT2D eigenvalue weighted by atomic mass is 10.2. The maximum absolute atomic E-state index is 12.1. The summed E-state index contributed by atoms with van der Waals surface area (Å²) in [4.78, 5) is 14.4. The number of carbonyl (C=O) groups excluding carboxylic acids is 1. The number of carbonyl (C=O) groups is 1. The highest BCUT2D eigenvalue weighted by atomic mass is 16.5. The average molecular weight is 279 g/mol. The van der Waals surface area contributed by atoms with Crippen LogP contribution in [0, 0.1) is 0 Å². The van der Waals surface area contributed by atoms with Crippen molar-refractivity contribution in [2.45, 2.75) is 13.0 Å². The van der Waals surface area contributed by atoms with Gasteiger partial charge in [-0.25, -0.2) is 4.79 Å². The number of methoxy groups -OCH3 is 1.